The highest BCUT2D eigenvalue weighted by atomic mass is 16.5. The number of hydrogen-bond donors (Lipinski definition) is 0. The molecule has 0 bridgehead atoms. The van der Waals surface area contributed by atoms with Gasteiger partial charge in [0.2, 0.25) is 5.91 Å². The van der Waals surface area contributed by atoms with Crippen LogP contribution >= 0.6 is 0 Å². The van der Waals surface area contributed by atoms with E-state index >= 15 is 0 Å². The first kappa shape index (κ1) is 16.5. The summed E-state index contributed by atoms with van der Waals surface area (Å²) in [6.45, 7) is 5.17. The maximum Gasteiger partial charge on any atom is 0.223 e. The SMILES string of the molecule is CCOc1ccc(-c2cnc(CCC(=O)N3CCOCC3)o2)cc1. The summed E-state index contributed by atoms with van der Waals surface area (Å²) in [7, 11) is 0. The van der Waals surface area contributed by atoms with Crippen molar-refractivity contribution >= 4 is 5.91 Å². The van der Waals surface area contributed by atoms with Crippen molar-refractivity contribution in [3.05, 3.63) is 36.4 Å². The van der Waals surface area contributed by atoms with Gasteiger partial charge >= 0.3 is 0 Å². The lowest BCUT2D eigenvalue weighted by Crippen LogP contribution is -2.40. The Morgan fingerprint density at radius 3 is 2.71 bits per heavy atom. The first-order chi connectivity index (χ1) is 11.8. The minimum atomic E-state index is 0.124. The van der Waals surface area contributed by atoms with Gasteiger partial charge in [0.05, 0.1) is 26.0 Å². The van der Waals surface area contributed by atoms with E-state index in [0.29, 0.717) is 57.4 Å². The molecule has 1 aliphatic heterocycles. The molecule has 1 aromatic heterocycles. The number of rotatable bonds is 6. The van der Waals surface area contributed by atoms with Gasteiger partial charge in [0.1, 0.15) is 5.75 Å². The number of nitrogens with zero attached hydrogens (tertiary/aromatic N) is 2. The maximum absolute atomic E-state index is 12.1. The van der Waals surface area contributed by atoms with Crippen LogP contribution in [0.25, 0.3) is 11.3 Å². The number of morpholine rings is 1. The summed E-state index contributed by atoms with van der Waals surface area (Å²) >= 11 is 0. The molecule has 3 rings (SSSR count). The first-order valence-corrected chi connectivity index (χ1v) is 8.29. The molecule has 0 saturated carbocycles. The number of amides is 1. The highest BCUT2D eigenvalue weighted by molar-refractivity contribution is 5.76. The lowest BCUT2D eigenvalue weighted by Gasteiger charge is -2.26. The summed E-state index contributed by atoms with van der Waals surface area (Å²) < 4.78 is 16.4. The fourth-order valence-corrected chi connectivity index (χ4v) is 2.63. The highest BCUT2D eigenvalue weighted by Gasteiger charge is 2.17. The van der Waals surface area contributed by atoms with Crippen molar-refractivity contribution in [3.63, 3.8) is 0 Å². The Bertz CT molecular complexity index is 660. The second kappa shape index (κ2) is 7.97. The van der Waals surface area contributed by atoms with Gasteiger partial charge < -0.3 is 18.8 Å². The summed E-state index contributed by atoms with van der Waals surface area (Å²) in [6, 6.07) is 7.69. The van der Waals surface area contributed by atoms with Crippen LogP contribution in [-0.2, 0) is 16.0 Å². The lowest BCUT2D eigenvalue weighted by molar-refractivity contribution is -0.135. The van der Waals surface area contributed by atoms with E-state index in [1.807, 2.05) is 36.1 Å². The Morgan fingerprint density at radius 2 is 2.00 bits per heavy atom. The number of ether oxygens (including phenoxy) is 2. The van der Waals surface area contributed by atoms with Gasteiger partial charge in [-0.3, -0.25) is 4.79 Å². The number of carbonyl (C=O) groups excluding carboxylic acids is 1. The molecule has 0 N–H and O–H groups in total. The average molecular weight is 330 g/mol. The molecule has 2 heterocycles. The van der Waals surface area contributed by atoms with Gasteiger partial charge in [-0.15, -0.1) is 0 Å². The van der Waals surface area contributed by atoms with Gasteiger partial charge in [0, 0.05) is 31.5 Å². The van der Waals surface area contributed by atoms with Crippen LogP contribution in [-0.4, -0.2) is 48.7 Å². The summed E-state index contributed by atoms with van der Waals surface area (Å²) in [5, 5.41) is 0. The molecular weight excluding hydrogens is 308 g/mol. The summed E-state index contributed by atoms with van der Waals surface area (Å²) in [4.78, 5) is 18.2. The normalized spacial score (nSPS) is 14.6. The van der Waals surface area contributed by atoms with Crippen LogP contribution in [0.4, 0.5) is 0 Å². The van der Waals surface area contributed by atoms with Crippen molar-refractivity contribution in [1.29, 1.82) is 0 Å². The quantitative estimate of drug-likeness (QED) is 0.814. The first-order valence-electron chi connectivity index (χ1n) is 8.29. The van der Waals surface area contributed by atoms with Crippen LogP contribution in [0.2, 0.25) is 0 Å². The smallest absolute Gasteiger partial charge is 0.223 e. The molecular formula is C18H22N2O4. The maximum atomic E-state index is 12.1. The monoisotopic (exact) mass is 330 g/mol. The minimum Gasteiger partial charge on any atom is -0.494 e. The molecule has 6 nitrogen and oxygen atoms in total. The van der Waals surface area contributed by atoms with Gasteiger partial charge in [-0.1, -0.05) is 0 Å². The van der Waals surface area contributed by atoms with Crippen molar-refractivity contribution in [3.8, 4) is 17.1 Å². The molecule has 1 saturated heterocycles. The predicted octanol–water partition coefficient (Wildman–Crippen LogP) is 2.53. The van der Waals surface area contributed by atoms with E-state index in [1.54, 1.807) is 6.20 Å². The van der Waals surface area contributed by atoms with Crippen LogP contribution in [0.3, 0.4) is 0 Å². The zero-order valence-electron chi connectivity index (χ0n) is 13.9. The topological polar surface area (TPSA) is 64.8 Å². The molecule has 6 heteroatoms. The Morgan fingerprint density at radius 1 is 1.25 bits per heavy atom. The van der Waals surface area contributed by atoms with E-state index in [-0.39, 0.29) is 5.91 Å². The summed E-state index contributed by atoms with van der Waals surface area (Å²) in [5.41, 5.74) is 0.941. The number of benzene rings is 1. The third-order valence-corrected chi connectivity index (χ3v) is 3.92. The summed E-state index contributed by atoms with van der Waals surface area (Å²) in [5.74, 6) is 2.24. The zero-order valence-corrected chi connectivity index (χ0v) is 13.9. The molecule has 1 fully saturated rings. The van der Waals surface area contributed by atoms with Crippen LogP contribution in [0.15, 0.2) is 34.9 Å². The standard InChI is InChI=1S/C18H22N2O4/c1-2-23-15-5-3-14(4-6-15)16-13-19-17(24-16)7-8-18(21)20-9-11-22-12-10-20/h3-6,13H,2,7-12H2,1H3. The van der Waals surface area contributed by atoms with Gasteiger partial charge in [0.25, 0.3) is 0 Å². The van der Waals surface area contributed by atoms with Gasteiger partial charge in [-0.25, -0.2) is 4.98 Å². The highest BCUT2D eigenvalue weighted by Crippen LogP contribution is 2.23. The number of aryl methyl sites for hydroxylation is 1. The Hall–Kier alpha value is -2.34. The van der Waals surface area contributed by atoms with E-state index in [2.05, 4.69) is 4.98 Å². The van der Waals surface area contributed by atoms with Crippen molar-refractivity contribution in [2.24, 2.45) is 0 Å². The fourth-order valence-electron chi connectivity index (χ4n) is 2.63. The largest absolute Gasteiger partial charge is 0.494 e. The number of aromatic nitrogens is 1. The molecule has 24 heavy (non-hydrogen) atoms. The van der Waals surface area contributed by atoms with E-state index in [4.69, 9.17) is 13.9 Å². The molecule has 1 aliphatic rings. The van der Waals surface area contributed by atoms with Gasteiger partial charge in [-0.2, -0.15) is 0 Å². The van der Waals surface area contributed by atoms with Crippen LogP contribution < -0.4 is 4.74 Å². The molecule has 0 atom stereocenters. The number of hydrogen-bond acceptors (Lipinski definition) is 5. The van der Waals surface area contributed by atoms with Crippen molar-refractivity contribution < 1.29 is 18.7 Å². The lowest BCUT2D eigenvalue weighted by atomic mass is 10.2. The van der Waals surface area contributed by atoms with Crippen LogP contribution in [0.1, 0.15) is 19.2 Å². The van der Waals surface area contributed by atoms with E-state index in [0.717, 1.165) is 11.3 Å². The zero-order chi connectivity index (χ0) is 16.8. The second-order valence-electron chi connectivity index (χ2n) is 5.57. The Labute approximate surface area is 141 Å². The number of oxazole rings is 1. The van der Waals surface area contributed by atoms with Crippen LogP contribution in [0, 0.1) is 0 Å². The van der Waals surface area contributed by atoms with Crippen molar-refractivity contribution in [2.45, 2.75) is 19.8 Å². The Kier molecular flexibility index (Phi) is 5.48. The van der Waals surface area contributed by atoms with E-state index in [1.165, 1.54) is 0 Å². The van der Waals surface area contributed by atoms with E-state index < -0.39 is 0 Å². The second-order valence-corrected chi connectivity index (χ2v) is 5.57. The number of carbonyl (C=O) groups is 1. The van der Waals surface area contributed by atoms with Gasteiger partial charge in [0.15, 0.2) is 11.7 Å². The summed E-state index contributed by atoms with van der Waals surface area (Å²) in [6.07, 6.45) is 2.61. The fraction of sp³-hybridized carbons (Fsp3) is 0.444. The Balaban J connectivity index is 1.56. The minimum absolute atomic E-state index is 0.124. The molecule has 1 aromatic carbocycles. The molecule has 2 aromatic rings. The van der Waals surface area contributed by atoms with Crippen LogP contribution in [0.5, 0.6) is 5.75 Å². The van der Waals surface area contributed by atoms with Gasteiger partial charge in [-0.05, 0) is 31.2 Å². The molecule has 128 valence electrons. The molecule has 0 spiro atoms. The molecule has 0 radical (unpaired) electrons. The third-order valence-electron chi connectivity index (χ3n) is 3.92. The molecule has 1 amide bonds. The van der Waals surface area contributed by atoms with Crippen molar-refractivity contribution in [1.82, 2.24) is 9.88 Å². The third kappa shape index (κ3) is 4.14. The predicted molar refractivity (Wildman–Crippen MR) is 88.8 cm³/mol. The average Bonchev–Trinajstić information content (AvgIpc) is 3.10. The molecule has 0 aliphatic carbocycles. The van der Waals surface area contributed by atoms with E-state index in [9.17, 15) is 4.79 Å². The van der Waals surface area contributed by atoms with Crippen molar-refractivity contribution in [2.75, 3.05) is 32.9 Å². The molecule has 0 unspecified atom stereocenters.